The minimum Gasteiger partial charge on any atom is -0.347 e. The van der Waals surface area contributed by atoms with E-state index < -0.39 is 0 Å². The van der Waals surface area contributed by atoms with Crippen molar-refractivity contribution < 1.29 is 4.79 Å². The predicted octanol–water partition coefficient (Wildman–Crippen LogP) is 0.989. The lowest BCUT2D eigenvalue weighted by atomic mass is 10.4. The van der Waals surface area contributed by atoms with Crippen LogP contribution in [0.25, 0.3) is 0 Å². The number of carbonyl (C=O) groups is 1. The standard InChI is InChI=1S/C8H10ClN3O/c1-3-4-10-8(13)7-6(9)5-12(2)11-7/h3,5H,1,4H2,2H3,(H,10,13). The molecule has 1 aromatic rings. The first-order chi connectivity index (χ1) is 6.15. The summed E-state index contributed by atoms with van der Waals surface area (Å²) in [5.74, 6) is -0.287. The largest absolute Gasteiger partial charge is 0.347 e. The first-order valence-corrected chi connectivity index (χ1v) is 4.11. The fourth-order valence-corrected chi connectivity index (χ4v) is 1.13. The second kappa shape index (κ2) is 4.09. The van der Waals surface area contributed by atoms with Crippen molar-refractivity contribution in [3.05, 3.63) is 29.6 Å². The van der Waals surface area contributed by atoms with Gasteiger partial charge in [-0.2, -0.15) is 5.10 Å². The molecule has 70 valence electrons. The van der Waals surface area contributed by atoms with E-state index in [9.17, 15) is 4.79 Å². The van der Waals surface area contributed by atoms with Crippen molar-refractivity contribution >= 4 is 17.5 Å². The van der Waals surface area contributed by atoms with Gasteiger partial charge in [0.2, 0.25) is 0 Å². The molecule has 4 nitrogen and oxygen atoms in total. The molecule has 0 unspecified atom stereocenters. The summed E-state index contributed by atoms with van der Waals surface area (Å²) in [5, 5.41) is 6.84. The Morgan fingerprint density at radius 2 is 2.62 bits per heavy atom. The van der Waals surface area contributed by atoms with Gasteiger partial charge in [-0.3, -0.25) is 9.48 Å². The summed E-state index contributed by atoms with van der Waals surface area (Å²) in [4.78, 5) is 11.3. The van der Waals surface area contributed by atoms with Crippen molar-refractivity contribution in [1.29, 1.82) is 0 Å². The Morgan fingerprint density at radius 3 is 3.08 bits per heavy atom. The molecule has 0 fully saturated rings. The van der Waals surface area contributed by atoms with Gasteiger partial charge >= 0.3 is 0 Å². The highest BCUT2D eigenvalue weighted by atomic mass is 35.5. The van der Waals surface area contributed by atoms with Crippen LogP contribution in [-0.2, 0) is 7.05 Å². The molecule has 0 aliphatic heterocycles. The molecule has 0 saturated heterocycles. The number of aryl methyl sites for hydroxylation is 1. The van der Waals surface area contributed by atoms with Crippen molar-refractivity contribution in [1.82, 2.24) is 15.1 Å². The fraction of sp³-hybridized carbons (Fsp3) is 0.250. The highest BCUT2D eigenvalue weighted by Crippen LogP contribution is 2.12. The van der Waals surface area contributed by atoms with Gasteiger partial charge < -0.3 is 5.32 Å². The normalized spacial score (nSPS) is 9.69. The lowest BCUT2D eigenvalue weighted by Crippen LogP contribution is -2.24. The number of rotatable bonds is 3. The van der Waals surface area contributed by atoms with E-state index in [0.717, 1.165) is 0 Å². The summed E-state index contributed by atoms with van der Waals surface area (Å²) < 4.78 is 1.49. The minimum atomic E-state index is -0.287. The van der Waals surface area contributed by atoms with Crippen molar-refractivity contribution in [3.63, 3.8) is 0 Å². The summed E-state index contributed by atoms with van der Waals surface area (Å²) in [6.07, 6.45) is 3.17. The molecular weight excluding hydrogens is 190 g/mol. The van der Waals surface area contributed by atoms with Gasteiger partial charge in [-0.05, 0) is 0 Å². The van der Waals surface area contributed by atoms with E-state index in [-0.39, 0.29) is 11.6 Å². The molecule has 5 heteroatoms. The molecule has 1 heterocycles. The van der Waals surface area contributed by atoms with Crippen LogP contribution in [0.1, 0.15) is 10.5 Å². The molecule has 0 atom stereocenters. The molecule has 0 spiro atoms. The van der Waals surface area contributed by atoms with E-state index in [2.05, 4.69) is 17.0 Å². The summed E-state index contributed by atoms with van der Waals surface area (Å²) in [6, 6.07) is 0. The number of hydrogen-bond donors (Lipinski definition) is 1. The van der Waals surface area contributed by atoms with Crippen LogP contribution in [0.4, 0.5) is 0 Å². The van der Waals surface area contributed by atoms with Crippen molar-refractivity contribution in [3.8, 4) is 0 Å². The van der Waals surface area contributed by atoms with Gasteiger partial charge in [0.1, 0.15) is 0 Å². The fourth-order valence-electron chi connectivity index (χ4n) is 0.862. The van der Waals surface area contributed by atoms with Gasteiger partial charge in [0.15, 0.2) is 5.69 Å². The van der Waals surface area contributed by atoms with E-state index in [0.29, 0.717) is 11.6 Å². The molecule has 1 aromatic heterocycles. The zero-order valence-electron chi connectivity index (χ0n) is 7.25. The summed E-state index contributed by atoms with van der Waals surface area (Å²) in [6.45, 7) is 3.89. The summed E-state index contributed by atoms with van der Waals surface area (Å²) in [5.41, 5.74) is 0.242. The van der Waals surface area contributed by atoms with Crippen LogP contribution in [0.3, 0.4) is 0 Å². The zero-order chi connectivity index (χ0) is 9.84. The van der Waals surface area contributed by atoms with Crippen molar-refractivity contribution in [2.75, 3.05) is 6.54 Å². The Hall–Kier alpha value is -1.29. The van der Waals surface area contributed by atoms with Gasteiger partial charge in [0.05, 0.1) is 5.02 Å². The number of amides is 1. The number of hydrogen-bond acceptors (Lipinski definition) is 2. The second-order valence-electron chi connectivity index (χ2n) is 2.50. The van der Waals surface area contributed by atoms with Gasteiger partial charge in [0.25, 0.3) is 5.91 Å². The molecule has 0 saturated carbocycles. The molecular formula is C8H10ClN3O. The second-order valence-corrected chi connectivity index (χ2v) is 2.91. The number of halogens is 1. The average Bonchev–Trinajstić information content (AvgIpc) is 2.41. The first kappa shape index (κ1) is 9.80. The van der Waals surface area contributed by atoms with Gasteiger partial charge in [0, 0.05) is 19.8 Å². The highest BCUT2D eigenvalue weighted by molar-refractivity contribution is 6.33. The first-order valence-electron chi connectivity index (χ1n) is 3.73. The maximum Gasteiger partial charge on any atom is 0.273 e. The predicted molar refractivity (Wildman–Crippen MR) is 50.7 cm³/mol. The van der Waals surface area contributed by atoms with Crippen LogP contribution < -0.4 is 5.32 Å². The van der Waals surface area contributed by atoms with Crippen LogP contribution in [0.15, 0.2) is 18.9 Å². The quantitative estimate of drug-likeness (QED) is 0.738. The van der Waals surface area contributed by atoms with Crippen LogP contribution >= 0.6 is 11.6 Å². The number of aromatic nitrogens is 2. The number of nitrogens with one attached hydrogen (secondary N) is 1. The van der Waals surface area contributed by atoms with Crippen molar-refractivity contribution in [2.24, 2.45) is 7.05 Å². The molecule has 1 rings (SSSR count). The zero-order valence-corrected chi connectivity index (χ0v) is 8.01. The molecule has 1 N–H and O–H groups in total. The third-order valence-electron chi connectivity index (χ3n) is 1.41. The molecule has 13 heavy (non-hydrogen) atoms. The van der Waals surface area contributed by atoms with E-state index in [1.54, 1.807) is 19.3 Å². The van der Waals surface area contributed by atoms with E-state index >= 15 is 0 Å². The Kier molecular flexibility index (Phi) is 3.08. The summed E-state index contributed by atoms with van der Waals surface area (Å²) >= 11 is 5.75. The van der Waals surface area contributed by atoms with Crippen LogP contribution in [0.5, 0.6) is 0 Å². The van der Waals surface area contributed by atoms with Gasteiger partial charge in [-0.25, -0.2) is 0 Å². The third kappa shape index (κ3) is 2.32. The van der Waals surface area contributed by atoms with E-state index in [4.69, 9.17) is 11.6 Å². The highest BCUT2D eigenvalue weighted by Gasteiger charge is 2.12. The number of nitrogens with zero attached hydrogens (tertiary/aromatic N) is 2. The van der Waals surface area contributed by atoms with E-state index in [1.807, 2.05) is 0 Å². The average molecular weight is 200 g/mol. The van der Waals surface area contributed by atoms with Crippen LogP contribution in [-0.4, -0.2) is 22.2 Å². The SMILES string of the molecule is C=CCNC(=O)c1nn(C)cc1Cl. The maximum absolute atomic E-state index is 11.3. The Balaban J connectivity index is 2.76. The van der Waals surface area contributed by atoms with Gasteiger partial charge in [-0.15, -0.1) is 6.58 Å². The minimum absolute atomic E-state index is 0.242. The summed E-state index contributed by atoms with van der Waals surface area (Å²) in [7, 11) is 1.70. The lowest BCUT2D eigenvalue weighted by molar-refractivity contribution is 0.0952. The Bertz CT molecular complexity index is 332. The Morgan fingerprint density at radius 1 is 1.92 bits per heavy atom. The molecule has 0 aromatic carbocycles. The van der Waals surface area contributed by atoms with Gasteiger partial charge in [-0.1, -0.05) is 17.7 Å². The third-order valence-corrected chi connectivity index (χ3v) is 1.68. The Labute approximate surface area is 81.2 Å². The molecule has 0 aliphatic carbocycles. The topological polar surface area (TPSA) is 46.9 Å². The smallest absolute Gasteiger partial charge is 0.273 e. The monoisotopic (exact) mass is 199 g/mol. The molecule has 0 radical (unpaired) electrons. The molecule has 0 aliphatic rings. The van der Waals surface area contributed by atoms with Crippen molar-refractivity contribution in [2.45, 2.75) is 0 Å². The maximum atomic E-state index is 11.3. The lowest BCUT2D eigenvalue weighted by Gasteiger charge is -1.97. The van der Waals surface area contributed by atoms with Crippen LogP contribution in [0.2, 0.25) is 5.02 Å². The number of carbonyl (C=O) groups excluding carboxylic acids is 1. The molecule has 1 amide bonds. The van der Waals surface area contributed by atoms with Crippen LogP contribution in [0, 0.1) is 0 Å². The van der Waals surface area contributed by atoms with E-state index in [1.165, 1.54) is 4.68 Å². The molecule has 0 bridgehead atoms.